The van der Waals surface area contributed by atoms with Crippen LogP contribution >= 0.6 is 0 Å². The van der Waals surface area contributed by atoms with Crippen LogP contribution in [0.2, 0.25) is 0 Å². The number of aryl methyl sites for hydroxylation is 1. The molecule has 0 radical (unpaired) electrons. The van der Waals surface area contributed by atoms with Gasteiger partial charge in [-0.2, -0.15) is 0 Å². The molecule has 0 bridgehead atoms. The predicted octanol–water partition coefficient (Wildman–Crippen LogP) is 2.09. The summed E-state index contributed by atoms with van der Waals surface area (Å²) in [4.78, 5) is 10.2. The molecule has 1 aromatic rings. The van der Waals surface area contributed by atoms with E-state index in [0.29, 0.717) is 5.56 Å². The van der Waals surface area contributed by atoms with E-state index in [1.54, 1.807) is 19.1 Å². The van der Waals surface area contributed by atoms with E-state index in [2.05, 4.69) is 5.32 Å². The van der Waals surface area contributed by atoms with Crippen LogP contribution in [-0.2, 0) is 0 Å². The van der Waals surface area contributed by atoms with Crippen molar-refractivity contribution >= 4 is 11.4 Å². The maximum Gasteiger partial charge on any atom is 0.272 e. The molecule has 0 spiro atoms. The second-order valence-corrected chi connectivity index (χ2v) is 3.69. The van der Waals surface area contributed by atoms with Crippen molar-refractivity contribution in [3.8, 4) is 0 Å². The van der Waals surface area contributed by atoms with Gasteiger partial charge in [-0.25, -0.2) is 0 Å². The first kappa shape index (κ1) is 12.4. The number of hydrogen-bond acceptors (Lipinski definition) is 4. The zero-order valence-electron chi connectivity index (χ0n) is 9.43. The molecule has 1 unspecified atom stereocenters. The Morgan fingerprint density at radius 3 is 2.69 bits per heavy atom. The van der Waals surface area contributed by atoms with E-state index in [0.717, 1.165) is 12.1 Å². The van der Waals surface area contributed by atoms with Gasteiger partial charge in [-0.05, 0) is 25.5 Å². The average molecular weight is 224 g/mol. The van der Waals surface area contributed by atoms with Crippen molar-refractivity contribution in [3.63, 3.8) is 0 Å². The third-order valence-corrected chi connectivity index (χ3v) is 2.48. The number of hydrogen-bond donors (Lipinski definition) is 2. The molecule has 5 nitrogen and oxygen atoms in total. The number of benzene rings is 1. The summed E-state index contributed by atoms with van der Waals surface area (Å²) in [6, 6.07) is 4.84. The van der Waals surface area contributed by atoms with E-state index in [9.17, 15) is 10.1 Å². The summed E-state index contributed by atoms with van der Waals surface area (Å²) in [5.74, 6) is 0. The second kappa shape index (κ2) is 5.46. The van der Waals surface area contributed by atoms with Crippen LogP contribution in [0.5, 0.6) is 0 Å². The molecule has 1 aromatic carbocycles. The minimum atomic E-state index is -0.400. The topological polar surface area (TPSA) is 75.4 Å². The zero-order valence-corrected chi connectivity index (χ0v) is 9.43. The highest BCUT2D eigenvalue weighted by molar-refractivity contribution is 5.53. The van der Waals surface area contributed by atoms with Gasteiger partial charge in [0.1, 0.15) is 0 Å². The average Bonchev–Trinajstić information content (AvgIpc) is 2.25. The van der Waals surface area contributed by atoms with E-state index in [1.165, 1.54) is 6.07 Å². The fourth-order valence-corrected chi connectivity index (χ4v) is 1.46. The summed E-state index contributed by atoms with van der Waals surface area (Å²) in [5, 5.41) is 22.8. The molecule has 88 valence electrons. The van der Waals surface area contributed by atoms with E-state index < -0.39 is 4.92 Å². The van der Waals surface area contributed by atoms with Gasteiger partial charge >= 0.3 is 0 Å². The molecule has 0 saturated heterocycles. The van der Waals surface area contributed by atoms with Crippen molar-refractivity contribution < 1.29 is 10.0 Å². The Balaban J connectivity index is 2.84. The molecule has 2 N–H and O–H groups in total. The quantitative estimate of drug-likeness (QED) is 0.593. The van der Waals surface area contributed by atoms with Crippen molar-refractivity contribution in [3.05, 3.63) is 33.9 Å². The number of nitrogens with zero attached hydrogens (tertiary/aromatic N) is 1. The summed E-state index contributed by atoms with van der Waals surface area (Å²) in [6.07, 6.45) is 0.798. The summed E-state index contributed by atoms with van der Waals surface area (Å²) >= 11 is 0. The third kappa shape index (κ3) is 2.93. The highest BCUT2D eigenvalue weighted by Crippen LogP contribution is 2.22. The Morgan fingerprint density at radius 2 is 2.25 bits per heavy atom. The number of anilines is 1. The SMILES string of the molecule is CCC(CO)Nc1ccc([N+](=O)[O-])c(C)c1. The van der Waals surface area contributed by atoms with Gasteiger partial charge < -0.3 is 10.4 Å². The maximum atomic E-state index is 10.6. The number of aliphatic hydroxyl groups excluding tert-OH is 1. The van der Waals surface area contributed by atoms with Gasteiger partial charge in [-0.3, -0.25) is 10.1 Å². The van der Waals surface area contributed by atoms with Crippen LogP contribution in [0.3, 0.4) is 0 Å². The van der Waals surface area contributed by atoms with E-state index in [4.69, 9.17) is 5.11 Å². The minimum Gasteiger partial charge on any atom is -0.394 e. The molecule has 5 heteroatoms. The fourth-order valence-electron chi connectivity index (χ4n) is 1.46. The highest BCUT2D eigenvalue weighted by atomic mass is 16.6. The molecule has 1 atom stereocenters. The maximum absolute atomic E-state index is 10.6. The molecular weight excluding hydrogens is 208 g/mol. The molecule has 0 aliphatic rings. The fraction of sp³-hybridized carbons (Fsp3) is 0.455. The van der Waals surface area contributed by atoms with Gasteiger partial charge in [-0.1, -0.05) is 6.92 Å². The number of aliphatic hydroxyl groups is 1. The lowest BCUT2D eigenvalue weighted by Gasteiger charge is -2.15. The number of nitro groups is 1. The van der Waals surface area contributed by atoms with Crippen molar-refractivity contribution in [2.45, 2.75) is 26.3 Å². The lowest BCUT2D eigenvalue weighted by molar-refractivity contribution is -0.385. The first-order valence-corrected chi connectivity index (χ1v) is 5.21. The first-order valence-electron chi connectivity index (χ1n) is 5.21. The standard InChI is InChI=1S/C11H16N2O3/c1-3-9(7-14)12-10-4-5-11(13(15)16)8(2)6-10/h4-6,9,12,14H,3,7H2,1-2H3. The second-order valence-electron chi connectivity index (χ2n) is 3.69. The molecule has 0 fully saturated rings. The van der Waals surface area contributed by atoms with Gasteiger partial charge in [-0.15, -0.1) is 0 Å². The third-order valence-electron chi connectivity index (χ3n) is 2.48. The van der Waals surface area contributed by atoms with Crippen molar-refractivity contribution in [1.82, 2.24) is 0 Å². The van der Waals surface area contributed by atoms with E-state index in [-0.39, 0.29) is 18.3 Å². The van der Waals surface area contributed by atoms with Crippen LogP contribution in [0.15, 0.2) is 18.2 Å². The summed E-state index contributed by atoms with van der Waals surface area (Å²) in [7, 11) is 0. The highest BCUT2D eigenvalue weighted by Gasteiger charge is 2.11. The van der Waals surface area contributed by atoms with Crippen molar-refractivity contribution in [2.24, 2.45) is 0 Å². The van der Waals surface area contributed by atoms with Gasteiger partial charge in [0.15, 0.2) is 0 Å². The Hall–Kier alpha value is -1.62. The summed E-state index contributed by atoms with van der Waals surface area (Å²) in [6.45, 7) is 3.71. The summed E-state index contributed by atoms with van der Waals surface area (Å²) in [5.41, 5.74) is 1.52. The van der Waals surface area contributed by atoms with Gasteiger partial charge in [0.05, 0.1) is 11.5 Å². The smallest absolute Gasteiger partial charge is 0.272 e. The number of nitrogens with one attached hydrogen (secondary N) is 1. The van der Waals surface area contributed by atoms with Gasteiger partial charge in [0.25, 0.3) is 5.69 Å². The molecule has 0 aromatic heterocycles. The van der Waals surface area contributed by atoms with Crippen molar-refractivity contribution in [2.75, 3.05) is 11.9 Å². The van der Waals surface area contributed by atoms with Crippen LogP contribution < -0.4 is 5.32 Å². The molecule has 0 saturated carbocycles. The predicted molar refractivity (Wildman–Crippen MR) is 62.6 cm³/mol. The van der Waals surface area contributed by atoms with E-state index >= 15 is 0 Å². The monoisotopic (exact) mass is 224 g/mol. The lowest BCUT2D eigenvalue weighted by Crippen LogP contribution is -2.22. The van der Waals surface area contributed by atoms with Crippen LogP contribution in [0.1, 0.15) is 18.9 Å². The van der Waals surface area contributed by atoms with Crippen LogP contribution in [0.25, 0.3) is 0 Å². The van der Waals surface area contributed by atoms with Crippen LogP contribution in [0, 0.1) is 17.0 Å². The first-order chi connectivity index (χ1) is 7.58. The van der Waals surface area contributed by atoms with Crippen molar-refractivity contribution in [1.29, 1.82) is 0 Å². The molecule has 1 rings (SSSR count). The van der Waals surface area contributed by atoms with Crippen LogP contribution in [-0.4, -0.2) is 22.7 Å². The largest absolute Gasteiger partial charge is 0.394 e. The summed E-state index contributed by atoms with van der Waals surface area (Å²) < 4.78 is 0. The normalized spacial score (nSPS) is 12.2. The molecule has 0 heterocycles. The Labute approximate surface area is 94.3 Å². The molecule has 0 amide bonds. The Bertz CT molecular complexity index is 375. The van der Waals surface area contributed by atoms with E-state index in [1.807, 2.05) is 6.92 Å². The molecule has 0 aliphatic heterocycles. The minimum absolute atomic E-state index is 0.0131. The van der Waals surface area contributed by atoms with Crippen LogP contribution in [0.4, 0.5) is 11.4 Å². The number of rotatable bonds is 5. The van der Waals surface area contributed by atoms with Gasteiger partial charge in [0, 0.05) is 23.4 Å². The Kier molecular flexibility index (Phi) is 4.25. The zero-order chi connectivity index (χ0) is 12.1. The lowest BCUT2D eigenvalue weighted by atomic mass is 10.1. The molecule has 0 aliphatic carbocycles. The molecular formula is C11H16N2O3. The Morgan fingerprint density at radius 1 is 1.56 bits per heavy atom. The molecule has 16 heavy (non-hydrogen) atoms. The number of nitro benzene ring substituents is 1. The van der Waals surface area contributed by atoms with Gasteiger partial charge in [0.2, 0.25) is 0 Å².